The molecule has 4 nitrogen and oxygen atoms in total. The molecule has 2 unspecified atom stereocenters. The van der Waals surface area contributed by atoms with Crippen molar-refractivity contribution >= 4 is 21.8 Å². The second kappa shape index (κ2) is 7.27. The predicted molar refractivity (Wildman–Crippen MR) is 87.3 cm³/mol. The average molecular weight is 355 g/mol. The Bertz CT molecular complexity index is 505. The van der Waals surface area contributed by atoms with E-state index >= 15 is 0 Å². The van der Waals surface area contributed by atoms with Crippen molar-refractivity contribution in [2.75, 3.05) is 13.7 Å². The number of nitrogens with zero attached hydrogens (tertiary/aromatic N) is 1. The van der Waals surface area contributed by atoms with Crippen molar-refractivity contribution in [1.29, 1.82) is 0 Å². The number of likely N-dealkylation sites (tertiary alicyclic amines) is 1. The number of amides is 1. The van der Waals surface area contributed by atoms with E-state index in [1.807, 2.05) is 24.0 Å². The van der Waals surface area contributed by atoms with Gasteiger partial charge in [-0.25, -0.2) is 0 Å². The highest BCUT2D eigenvalue weighted by Crippen LogP contribution is 2.38. The highest BCUT2D eigenvalue weighted by molar-refractivity contribution is 9.10. The predicted octanol–water partition coefficient (Wildman–Crippen LogP) is 3.25. The molecule has 1 saturated heterocycles. The fourth-order valence-corrected chi connectivity index (χ4v) is 3.23. The van der Waals surface area contributed by atoms with Gasteiger partial charge in [-0.1, -0.05) is 15.9 Å². The molecule has 2 N–H and O–H groups in total. The smallest absolute Gasteiger partial charge is 0.223 e. The van der Waals surface area contributed by atoms with E-state index in [9.17, 15) is 4.79 Å². The van der Waals surface area contributed by atoms with Crippen molar-refractivity contribution in [3.05, 3.63) is 28.2 Å². The molecule has 1 aliphatic heterocycles. The van der Waals surface area contributed by atoms with Crippen molar-refractivity contribution in [3.8, 4) is 5.75 Å². The molecule has 1 amide bonds. The SMILES string of the molecule is COc1ccc(Br)cc1C1CCCN1C(=O)CCC(C)N. The molecule has 0 radical (unpaired) electrons. The van der Waals surface area contributed by atoms with Gasteiger partial charge in [-0.2, -0.15) is 0 Å². The molecule has 1 fully saturated rings. The Labute approximate surface area is 134 Å². The molecule has 21 heavy (non-hydrogen) atoms. The lowest BCUT2D eigenvalue weighted by Crippen LogP contribution is -2.31. The number of benzene rings is 1. The van der Waals surface area contributed by atoms with E-state index < -0.39 is 0 Å². The van der Waals surface area contributed by atoms with Crippen LogP contribution in [-0.2, 0) is 4.79 Å². The first kappa shape index (κ1) is 16.3. The molecule has 1 aliphatic rings. The van der Waals surface area contributed by atoms with Crippen molar-refractivity contribution in [2.45, 2.75) is 44.7 Å². The molecule has 1 aromatic rings. The number of carbonyl (C=O) groups is 1. The summed E-state index contributed by atoms with van der Waals surface area (Å²) in [7, 11) is 1.67. The standard InChI is InChI=1S/C16H23BrN2O2/c1-11(18)5-8-16(20)19-9-3-4-14(19)13-10-12(17)6-7-15(13)21-2/h6-7,10-11,14H,3-5,8-9,18H2,1-2H3. The first-order chi connectivity index (χ1) is 10.0. The fraction of sp³-hybridized carbons (Fsp3) is 0.562. The van der Waals surface area contributed by atoms with Crippen LogP contribution in [0.15, 0.2) is 22.7 Å². The lowest BCUT2D eigenvalue weighted by molar-refractivity contribution is -0.132. The third kappa shape index (κ3) is 3.98. The number of ether oxygens (including phenoxy) is 1. The zero-order chi connectivity index (χ0) is 15.4. The van der Waals surface area contributed by atoms with Crippen LogP contribution in [0.4, 0.5) is 0 Å². The molecule has 116 valence electrons. The van der Waals surface area contributed by atoms with Crippen molar-refractivity contribution < 1.29 is 9.53 Å². The molecular weight excluding hydrogens is 332 g/mol. The number of rotatable bonds is 5. The van der Waals surface area contributed by atoms with Gasteiger partial charge in [0, 0.05) is 29.0 Å². The molecule has 1 aromatic carbocycles. The number of halogens is 1. The van der Waals surface area contributed by atoms with Crippen molar-refractivity contribution in [2.24, 2.45) is 5.73 Å². The molecule has 5 heteroatoms. The van der Waals surface area contributed by atoms with Crippen LogP contribution in [0.3, 0.4) is 0 Å². The van der Waals surface area contributed by atoms with Gasteiger partial charge in [0.05, 0.1) is 13.2 Å². The van der Waals surface area contributed by atoms with E-state index in [0.29, 0.717) is 6.42 Å². The number of hydrogen-bond donors (Lipinski definition) is 1. The molecular formula is C16H23BrN2O2. The Hall–Kier alpha value is -1.07. The second-order valence-corrected chi connectivity index (χ2v) is 6.56. The van der Waals surface area contributed by atoms with Gasteiger partial charge < -0.3 is 15.4 Å². The number of hydrogen-bond acceptors (Lipinski definition) is 3. The highest BCUT2D eigenvalue weighted by Gasteiger charge is 2.31. The summed E-state index contributed by atoms with van der Waals surface area (Å²) in [5.74, 6) is 1.03. The Morgan fingerprint density at radius 1 is 1.57 bits per heavy atom. The lowest BCUT2D eigenvalue weighted by atomic mass is 10.0. The zero-order valence-electron chi connectivity index (χ0n) is 12.6. The van der Waals surface area contributed by atoms with Crippen LogP contribution in [0.1, 0.15) is 44.2 Å². The maximum absolute atomic E-state index is 12.4. The third-order valence-corrected chi connectivity index (χ3v) is 4.43. The zero-order valence-corrected chi connectivity index (χ0v) is 14.2. The van der Waals surface area contributed by atoms with Gasteiger partial charge in [0.1, 0.15) is 5.75 Å². The summed E-state index contributed by atoms with van der Waals surface area (Å²) in [6, 6.07) is 6.14. The third-order valence-electron chi connectivity index (χ3n) is 3.94. The average Bonchev–Trinajstić information content (AvgIpc) is 2.94. The molecule has 0 aromatic heterocycles. The second-order valence-electron chi connectivity index (χ2n) is 5.65. The van der Waals surface area contributed by atoms with Crippen LogP contribution >= 0.6 is 15.9 Å². The Balaban J connectivity index is 2.18. The first-order valence-corrected chi connectivity index (χ1v) is 8.20. The van der Waals surface area contributed by atoms with E-state index in [1.54, 1.807) is 7.11 Å². The van der Waals surface area contributed by atoms with Crippen LogP contribution in [0, 0.1) is 0 Å². The van der Waals surface area contributed by atoms with Gasteiger partial charge in [0.25, 0.3) is 0 Å². The maximum atomic E-state index is 12.4. The number of nitrogens with two attached hydrogens (primary N) is 1. The van der Waals surface area contributed by atoms with Gasteiger partial charge >= 0.3 is 0 Å². The molecule has 0 aliphatic carbocycles. The van der Waals surface area contributed by atoms with E-state index in [4.69, 9.17) is 10.5 Å². The van der Waals surface area contributed by atoms with Gasteiger partial charge in [0.2, 0.25) is 5.91 Å². The lowest BCUT2D eigenvalue weighted by Gasteiger charge is -2.27. The molecule has 0 saturated carbocycles. The van der Waals surface area contributed by atoms with Gasteiger partial charge in [-0.05, 0) is 44.4 Å². The van der Waals surface area contributed by atoms with Gasteiger partial charge in [-0.3, -0.25) is 4.79 Å². The molecule has 2 rings (SSSR count). The van der Waals surface area contributed by atoms with Crippen LogP contribution in [-0.4, -0.2) is 30.5 Å². The molecule has 0 spiro atoms. The summed E-state index contributed by atoms with van der Waals surface area (Å²) < 4.78 is 6.47. The van der Waals surface area contributed by atoms with Crippen molar-refractivity contribution in [1.82, 2.24) is 4.90 Å². The first-order valence-electron chi connectivity index (χ1n) is 7.41. The minimum absolute atomic E-state index is 0.0652. The number of carbonyl (C=O) groups excluding carboxylic acids is 1. The van der Waals surface area contributed by atoms with Gasteiger partial charge in [-0.15, -0.1) is 0 Å². The largest absolute Gasteiger partial charge is 0.496 e. The minimum atomic E-state index is 0.0652. The topological polar surface area (TPSA) is 55.6 Å². The summed E-state index contributed by atoms with van der Waals surface area (Å²) in [5, 5.41) is 0. The Kier molecular flexibility index (Phi) is 5.65. The van der Waals surface area contributed by atoms with Crippen LogP contribution in [0.2, 0.25) is 0 Å². The van der Waals surface area contributed by atoms with Crippen LogP contribution in [0.25, 0.3) is 0 Å². The Morgan fingerprint density at radius 2 is 2.33 bits per heavy atom. The monoisotopic (exact) mass is 354 g/mol. The van der Waals surface area contributed by atoms with E-state index in [0.717, 1.165) is 41.6 Å². The van der Waals surface area contributed by atoms with Crippen LogP contribution < -0.4 is 10.5 Å². The van der Waals surface area contributed by atoms with E-state index in [1.165, 1.54) is 0 Å². The summed E-state index contributed by atoms with van der Waals surface area (Å²) in [6.45, 7) is 2.75. The molecule has 0 bridgehead atoms. The number of methoxy groups -OCH3 is 1. The summed E-state index contributed by atoms with van der Waals surface area (Å²) in [5.41, 5.74) is 6.84. The molecule has 1 heterocycles. The highest BCUT2D eigenvalue weighted by atomic mass is 79.9. The van der Waals surface area contributed by atoms with E-state index in [-0.39, 0.29) is 18.0 Å². The van der Waals surface area contributed by atoms with Crippen molar-refractivity contribution in [3.63, 3.8) is 0 Å². The molecule has 2 atom stereocenters. The fourth-order valence-electron chi connectivity index (χ4n) is 2.85. The van der Waals surface area contributed by atoms with Gasteiger partial charge in [0.15, 0.2) is 0 Å². The summed E-state index contributed by atoms with van der Waals surface area (Å²) >= 11 is 3.50. The maximum Gasteiger partial charge on any atom is 0.223 e. The van der Waals surface area contributed by atoms with E-state index in [2.05, 4.69) is 22.0 Å². The summed E-state index contributed by atoms with van der Waals surface area (Å²) in [6.07, 6.45) is 3.27. The minimum Gasteiger partial charge on any atom is -0.496 e. The Morgan fingerprint density at radius 3 is 3.00 bits per heavy atom. The quantitative estimate of drug-likeness (QED) is 0.882. The van der Waals surface area contributed by atoms with Crippen LogP contribution in [0.5, 0.6) is 5.75 Å². The summed E-state index contributed by atoms with van der Waals surface area (Å²) in [4.78, 5) is 14.4. The normalized spacial score (nSPS) is 19.6.